The van der Waals surface area contributed by atoms with Crippen LogP contribution in [0.5, 0.6) is 11.5 Å². The zero-order chi connectivity index (χ0) is 24.9. The van der Waals surface area contributed by atoms with Crippen LogP contribution in [0.3, 0.4) is 0 Å². The van der Waals surface area contributed by atoms with Gasteiger partial charge in [-0.05, 0) is 69.5 Å². The minimum Gasteiger partial charge on any atom is -0.497 e. The van der Waals surface area contributed by atoms with Crippen molar-refractivity contribution in [3.63, 3.8) is 0 Å². The zero-order valence-electron chi connectivity index (χ0n) is 20.0. The lowest BCUT2D eigenvalue weighted by Crippen LogP contribution is -2.33. The van der Waals surface area contributed by atoms with Crippen LogP contribution in [0, 0.1) is 6.92 Å². The summed E-state index contributed by atoms with van der Waals surface area (Å²) in [6, 6.07) is 12.2. The SMILES string of the molecule is COc1ccc(-c2cc(=O)oc3c(C)c(OC(=O)CCCNC(=O)OC(C)(C)C)ccc23)cc1. The molecule has 3 rings (SSSR count). The summed E-state index contributed by atoms with van der Waals surface area (Å²) in [7, 11) is 1.59. The molecule has 0 radical (unpaired) electrons. The lowest BCUT2D eigenvalue weighted by atomic mass is 10.00. The number of fused-ring (bicyclic) bond motifs is 1. The summed E-state index contributed by atoms with van der Waals surface area (Å²) in [5.74, 6) is 0.567. The molecular weight excluding hydrogens is 438 g/mol. The highest BCUT2D eigenvalue weighted by atomic mass is 16.6. The van der Waals surface area contributed by atoms with Gasteiger partial charge in [0.1, 0.15) is 22.7 Å². The molecule has 1 aromatic heterocycles. The van der Waals surface area contributed by atoms with Gasteiger partial charge in [-0.25, -0.2) is 9.59 Å². The van der Waals surface area contributed by atoms with Crippen molar-refractivity contribution >= 4 is 23.0 Å². The highest BCUT2D eigenvalue weighted by Crippen LogP contribution is 2.33. The van der Waals surface area contributed by atoms with E-state index in [4.69, 9.17) is 18.6 Å². The average Bonchev–Trinajstić information content (AvgIpc) is 2.77. The van der Waals surface area contributed by atoms with Crippen molar-refractivity contribution < 1.29 is 28.2 Å². The van der Waals surface area contributed by atoms with Gasteiger partial charge >= 0.3 is 17.7 Å². The molecule has 34 heavy (non-hydrogen) atoms. The molecule has 0 aliphatic rings. The van der Waals surface area contributed by atoms with Crippen LogP contribution in [0.4, 0.5) is 4.79 Å². The average molecular weight is 468 g/mol. The maximum Gasteiger partial charge on any atom is 0.407 e. The van der Waals surface area contributed by atoms with E-state index in [0.717, 1.165) is 10.9 Å². The van der Waals surface area contributed by atoms with E-state index in [1.54, 1.807) is 46.9 Å². The molecule has 0 atom stereocenters. The quantitative estimate of drug-likeness (QED) is 0.226. The van der Waals surface area contributed by atoms with Crippen LogP contribution >= 0.6 is 0 Å². The maximum absolute atomic E-state index is 12.3. The van der Waals surface area contributed by atoms with Gasteiger partial charge in [-0.1, -0.05) is 12.1 Å². The summed E-state index contributed by atoms with van der Waals surface area (Å²) in [5, 5.41) is 3.33. The second kappa shape index (κ2) is 10.4. The molecule has 8 heteroatoms. The third-order valence-corrected chi connectivity index (χ3v) is 4.96. The number of methoxy groups -OCH3 is 1. The monoisotopic (exact) mass is 467 g/mol. The number of aryl methyl sites for hydroxylation is 1. The first-order valence-electron chi connectivity index (χ1n) is 11.0. The first-order valence-corrected chi connectivity index (χ1v) is 11.0. The third kappa shape index (κ3) is 6.37. The number of ether oxygens (including phenoxy) is 3. The number of hydrogen-bond acceptors (Lipinski definition) is 7. The zero-order valence-corrected chi connectivity index (χ0v) is 20.0. The molecule has 8 nitrogen and oxygen atoms in total. The van der Waals surface area contributed by atoms with Gasteiger partial charge in [0.2, 0.25) is 0 Å². The minimum absolute atomic E-state index is 0.100. The van der Waals surface area contributed by atoms with Crippen molar-refractivity contribution in [2.24, 2.45) is 0 Å². The Balaban J connectivity index is 1.71. The van der Waals surface area contributed by atoms with E-state index in [1.165, 1.54) is 6.07 Å². The van der Waals surface area contributed by atoms with Gasteiger partial charge in [0.15, 0.2) is 0 Å². The number of rotatable bonds is 7. The molecular formula is C26H29NO7. The summed E-state index contributed by atoms with van der Waals surface area (Å²) < 4.78 is 21.3. The van der Waals surface area contributed by atoms with Crippen LogP contribution in [-0.4, -0.2) is 31.3 Å². The maximum atomic E-state index is 12.3. The highest BCUT2D eigenvalue weighted by Gasteiger charge is 2.17. The Morgan fingerprint density at radius 2 is 1.76 bits per heavy atom. The van der Waals surface area contributed by atoms with Gasteiger partial charge in [0.25, 0.3) is 0 Å². The molecule has 1 amide bonds. The molecule has 0 aliphatic carbocycles. The molecule has 2 aromatic carbocycles. The van der Waals surface area contributed by atoms with Gasteiger partial charge in [0, 0.05) is 30.0 Å². The topological polar surface area (TPSA) is 104 Å². The normalized spacial score (nSPS) is 11.2. The Labute approximate surface area is 197 Å². The fraction of sp³-hybridized carbons (Fsp3) is 0.346. The number of benzene rings is 2. The number of amides is 1. The standard InChI is InChI=1S/C26H29NO7/c1-16-21(32-22(28)7-6-14-27-25(30)34-26(2,3)4)13-12-19-20(15-23(29)33-24(16)19)17-8-10-18(31-5)11-9-17/h8-13,15H,6-7,14H2,1-5H3,(H,27,30). The summed E-state index contributed by atoms with van der Waals surface area (Å²) >= 11 is 0. The molecule has 180 valence electrons. The number of hydrogen-bond donors (Lipinski definition) is 1. The Hall–Kier alpha value is -3.81. The Morgan fingerprint density at radius 1 is 1.06 bits per heavy atom. The summed E-state index contributed by atoms with van der Waals surface area (Å²) in [4.78, 5) is 36.2. The van der Waals surface area contributed by atoms with E-state index >= 15 is 0 Å². The summed E-state index contributed by atoms with van der Waals surface area (Å²) in [6.07, 6.45) is -0.0428. The third-order valence-electron chi connectivity index (χ3n) is 4.96. The van der Waals surface area contributed by atoms with E-state index in [1.807, 2.05) is 24.3 Å². The van der Waals surface area contributed by atoms with Gasteiger partial charge in [-0.3, -0.25) is 4.79 Å². The van der Waals surface area contributed by atoms with Crippen molar-refractivity contribution in [3.05, 3.63) is 58.4 Å². The molecule has 0 bridgehead atoms. The van der Waals surface area contributed by atoms with Crippen molar-refractivity contribution in [1.82, 2.24) is 5.32 Å². The van der Waals surface area contributed by atoms with Crippen LogP contribution in [0.2, 0.25) is 0 Å². The first kappa shape index (κ1) is 24.8. The minimum atomic E-state index is -0.584. The smallest absolute Gasteiger partial charge is 0.407 e. The number of nitrogens with one attached hydrogen (secondary N) is 1. The number of carbonyl (C=O) groups excluding carboxylic acids is 2. The van der Waals surface area contributed by atoms with Crippen LogP contribution in [-0.2, 0) is 9.53 Å². The summed E-state index contributed by atoms with van der Waals surface area (Å²) in [5.41, 5.74) is 1.36. The second-order valence-electron chi connectivity index (χ2n) is 8.78. The van der Waals surface area contributed by atoms with Crippen molar-refractivity contribution in [2.75, 3.05) is 13.7 Å². The molecule has 0 fully saturated rings. The Bertz CT molecular complexity index is 1240. The Kier molecular flexibility index (Phi) is 7.61. The number of carbonyl (C=O) groups is 2. The van der Waals surface area contributed by atoms with Gasteiger partial charge in [-0.15, -0.1) is 0 Å². The van der Waals surface area contributed by atoms with Crippen LogP contribution < -0.4 is 20.4 Å². The van der Waals surface area contributed by atoms with Gasteiger partial charge in [-0.2, -0.15) is 0 Å². The number of alkyl carbamates (subject to hydrolysis) is 1. The van der Waals surface area contributed by atoms with Crippen LogP contribution in [0.15, 0.2) is 51.7 Å². The van der Waals surface area contributed by atoms with E-state index < -0.39 is 23.3 Å². The fourth-order valence-corrected chi connectivity index (χ4v) is 3.37. The fourth-order valence-electron chi connectivity index (χ4n) is 3.37. The van der Waals surface area contributed by atoms with E-state index in [-0.39, 0.29) is 13.0 Å². The molecule has 1 N–H and O–H groups in total. The lowest BCUT2D eigenvalue weighted by Gasteiger charge is -2.19. The molecule has 0 saturated heterocycles. The number of esters is 1. The molecule has 1 heterocycles. The van der Waals surface area contributed by atoms with Crippen LogP contribution in [0.25, 0.3) is 22.1 Å². The lowest BCUT2D eigenvalue weighted by molar-refractivity contribution is -0.134. The molecule has 0 aliphatic heterocycles. The first-order chi connectivity index (χ1) is 16.1. The highest BCUT2D eigenvalue weighted by molar-refractivity contribution is 5.96. The summed E-state index contributed by atoms with van der Waals surface area (Å²) in [6.45, 7) is 7.34. The van der Waals surface area contributed by atoms with E-state index in [9.17, 15) is 14.4 Å². The van der Waals surface area contributed by atoms with Crippen molar-refractivity contribution in [3.8, 4) is 22.6 Å². The van der Waals surface area contributed by atoms with E-state index in [2.05, 4.69) is 5.32 Å². The largest absolute Gasteiger partial charge is 0.497 e. The molecule has 0 spiro atoms. The molecule has 3 aromatic rings. The molecule has 0 saturated carbocycles. The van der Waals surface area contributed by atoms with Crippen LogP contribution in [0.1, 0.15) is 39.2 Å². The van der Waals surface area contributed by atoms with E-state index in [0.29, 0.717) is 34.6 Å². The predicted molar refractivity (Wildman–Crippen MR) is 128 cm³/mol. The molecule has 0 unspecified atom stereocenters. The predicted octanol–water partition coefficient (Wildman–Crippen LogP) is 4.99. The van der Waals surface area contributed by atoms with Crippen molar-refractivity contribution in [2.45, 2.75) is 46.1 Å². The van der Waals surface area contributed by atoms with Gasteiger partial charge < -0.3 is 23.9 Å². The van der Waals surface area contributed by atoms with Crippen molar-refractivity contribution in [1.29, 1.82) is 0 Å². The Morgan fingerprint density at radius 3 is 2.41 bits per heavy atom. The van der Waals surface area contributed by atoms with Gasteiger partial charge in [0.05, 0.1) is 7.11 Å². The second-order valence-corrected chi connectivity index (χ2v) is 8.78.